The fourth-order valence-corrected chi connectivity index (χ4v) is 2.21. The molecule has 0 atom stereocenters. The lowest BCUT2D eigenvalue weighted by atomic mass is 10.2. The van der Waals surface area contributed by atoms with Gasteiger partial charge in [0.2, 0.25) is 5.95 Å². The number of halogens is 1. The largest absolute Gasteiger partial charge is 0.369 e. The first-order valence-electron chi connectivity index (χ1n) is 6.38. The quantitative estimate of drug-likeness (QED) is 0.779. The van der Waals surface area contributed by atoms with Crippen molar-refractivity contribution >= 4 is 17.0 Å². The molecular weight excluding hydrogens is 255 g/mol. The van der Waals surface area contributed by atoms with Gasteiger partial charge in [0.25, 0.3) is 0 Å². The van der Waals surface area contributed by atoms with E-state index in [-0.39, 0.29) is 5.82 Å². The summed E-state index contributed by atoms with van der Waals surface area (Å²) in [4.78, 5) is 8.48. The maximum absolute atomic E-state index is 13.6. The Morgan fingerprint density at radius 1 is 1.25 bits per heavy atom. The highest BCUT2D eigenvalue weighted by Crippen LogP contribution is 2.22. The van der Waals surface area contributed by atoms with E-state index in [0.29, 0.717) is 23.6 Å². The summed E-state index contributed by atoms with van der Waals surface area (Å²) in [5.74, 6) is 0.115. The van der Waals surface area contributed by atoms with Gasteiger partial charge in [-0.1, -0.05) is 6.07 Å². The van der Waals surface area contributed by atoms with E-state index >= 15 is 0 Å². The molecule has 0 amide bonds. The number of aryl methyl sites for hydroxylation is 2. The zero-order valence-electron chi connectivity index (χ0n) is 11.4. The van der Waals surface area contributed by atoms with Gasteiger partial charge in [0.05, 0.1) is 17.6 Å². The third-order valence-electron chi connectivity index (χ3n) is 3.37. The van der Waals surface area contributed by atoms with E-state index in [1.54, 1.807) is 13.0 Å². The van der Waals surface area contributed by atoms with Crippen molar-refractivity contribution in [2.45, 2.75) is 20.4 Å². The molecule has 2 heterocycles. The fraction of sp³-hybridized carbons (Fsp3) is 0.200. The molecule has 0 saturated heterocycles. The van der Waals surface area contributed by atoms with E-state index in [1.165, 1.54) is 6.07 Å². The van der Waals surface area contributed by atoms with Crippen LogP contribution in [-0.2, 0) is 6.54 Å². The van der Waals surface area contributed by atoms with Crippen LogP contribution in [0.3, 0.4) is 0 Å². The van der Waals surface area contributed by atoms with Crippen LogP contribution in [0.4, 0.5) is 10.3 Å². The van der Waals surface area contributed by atoms with Gasteiger partial charge in [-0.25, -0.2) is 9.37 Å². The summed E-state index contributed by atoms with van der Waals surface area (Å²) in [7, 11) is 0. The number of benzene rings is 1. The summed E-state index contributed by atoms with van der Waals surface area (Å²) < 4.78 is 15.4. The number of rotatable bonds is 2. The van der Waals surface area contributed by atoms with Crippen LogP contribution in [0, 0.1) is 19.7 Å². The maximum atomic E-state index is 13.6. The molecule has 0 fully saturated rings. The molecule has 0 saturated carbocycles. The zero-order chi connectivity index (χ0) is 14.3. The first-order chi connectivity index (χ1) is 9.54. The fourth-order valence-electron chi connectivity index (χ4n) is 2.21. The number of pyridine rings is 1. The van der Waals surface area contributed by atoms with Gasteiger partial charge < -0.3 is 10.3 Å². The Morgan fingerprint density at radius 2 is 2.05 bits per heavy atom. The molecule has 4 nitrogen and oxygen atoms in total. The van der Waals surface area contributed by atoms with Gasteiger partial charge in [0.15, 0.2) is 0 Å². The number of hydrogen-bond acceptors (Lipinski definition) is 3. The van der Waals surface area contributed by atoms with Crippen molar-refractivity contribution in [2.24, 2.45) is 0 Å². The lowest BCUT2D eigenvalue weighted by Crippen LogP contribution is -2.05. The predicted molar refractivity (Wildman–Crippen MR) is 76.9 cm³/mol. The van der Waals surface area contributed by atoms with Crippen molar-refractivity contribution in [3.8, 4) is 0 Å². The topological polar surface area (TPSA) is 56.7 Å². The number of nitrogens with zero attached hydrogens (tertiary/aromatic N) is 3. The van der Waals surface area contributed by atoms with E-state index in [0.717, 1.165) is 16.8 Å². The molecule has 0 aliphatic heterocycles. The molecule has 0 spiro atoms. The van der Waals surface area contributed by atoms with E-state index in [1.807, 2.05) is 29.8 Å². The highest BCUT2D eigenvalue weighted by atomic mass is 19.1. The van der Waals surface area contributed by atoms with Crippen LogP contribution in [0.2, 0.25) is 0 Å². The van der Waals surface area contributed by atoms with Gasteiger partial charge >= 0.3 is 0 Å². The van der Waals surface area contributed by atoms with Crippen LogP contribution < -0.4 is 5.73 Å². The average Bonchev–Trinajstić information content (AvgIpc) is 2.69. The highest BCUT2D eigenvalue weighted by molar-refractivity contribution is 5.79. The Hall–Kier alpha value is -2.43. The Morgan fingerprint density at radius 3 is 2.75 bits per heavy atom. The van der Waals surface area contributed by atoms with Crippen molar-refractivity contribution in [2.75, 3.05) is 5.73 Å². The molecule has 0 aliphatic carbocycles. The zero-order valence-corrected chi connectivity index (χ0v) is 11.4. The summed E-state index contributed by atoms with van der Waals surface area (Å²) in [6.07, 6.45) is 1.82. The van der Waals surface area contributed by atoms with Gasteiger partial charge in [-0.3, -0.25) is 4.98 Å². The van der Waals surface area contributed by atoms with Crippen LogP contribution in [0.1, 0.15) is 16.8 Å². The highest BCUT2D eigenvalue weighted by Gasteiger charge is 2.11. The number of hydrogen-bond donors (Lipinski definition) is 1. The normalized spacial score (nSPS) is 11.2. The number of nitrogen functional groups attached to an aromatic ring is 1. The standard InChI is InChI=1S/C15H15FN4/c1-9-5-14-13(6-12(9)16)19-15(17)20(14)8-11-4-3-10(2)18-7-11/h3-7H,8H2,1-2H3,(H2,17,19). The van der Waals surface area contributed by atoms with Gasteiger partial charge in [-0.05, 0) is 37.1 Å². The van der Waals surface area contributed by atoms with Gasteiger partial charge in [-0.15, -0.1) is 0 Å². The molecule has 2 N–H and O–H groups in total. The average molecular weight is 270 g/mol. The summed E-state index contributed by atoms with van der Waals surface area (Å²) >= 11 is 0. The lowest BCUT2D eigenvalue weighted by Gasteiger charge is -2.07. The third-order valence-corrected chi connectivity index (χ3v) is 3.37. The van der Waals surface area contributed by atoms with Crippen molar-refractivity contribution in [1.29, 1.82) is 0 Å². The van der Waals surface area contributed by atoms with Crippen LogP contribution in [0.5, 0.6) is 0 Å². The molecule has 0 radical (unpaired) electrons. The second-order valence-corrected chi connectivity index (χ2v) is 4.95. The molecule has 20 heavy (non-hydrogen) atoms. The van der Waals surface area contributed by atoms with Crippen molar-refractivity contribution in [1.82, 2.24) is 14.5 Å². The van der Waals surface area contributed by atoms with Crippen LogP contribution in [-0.4, -0.2) is 14.5 Å². The molecule has 102 valence electrons. The number of nitrogens with two attached hydrogens (primary N) is 1. The molecule has 3 rings (SSSR count). The Balaban J connectivity index is 2.08. The van der Waals surface area contributed by atoms with E-state index in [4.69, 9.17) is 5.73 Å². The monoisotopic (exact) mass is 270 g/mol. The van der Waals surface area contributed by atoms with Crippen LogP contribution in [0.25, 0.3) is 11.0 Å². The molecule has 2 aromatic heterocycles. The third kappa shape index (κ3) is 2.11. The van der Waals surface area contributed by atoms with Gasteiger partial charge in [0.1, 0.15) is 5.82 Å². The van der Waals surface area contributed by atoms with Crippen molar-refractivity contribution in [3.63, 3.8) is 0 Å². The lowest BCUT2D eigenvalue weighted by molar-refractivity contribution is 0.620. The van der Waals surface area contributed by atoms with Gasteiger partial charge in [0, 0.05) is 18.0 Å². The van der Waals surface area contributed by atoms with Gasteiger partial charge in [-0.2, -0.15) is 0 Å². The minimum absolute atomic E-state index is 0.265. The second-order valence-electron chi connectivity index (χ2n) is 4.95. The molecule has 5 heteroatoms. The smallest absolute Gasteiger partial charge is 0.201 e. The molecule has 0 unspecified atom stereocenters. The Bertz CT molecular complexity index is 775. The minimum Gasteiger partial charge on any atom is -0.369 e. The van der Waals surface area contributed by atoms with Crippen LogP contribution >= 0.6 is 0 Å². The SMILES string of the molecule is Cc1ccc(Cn2c(N)nc3cc(F)c(C)cc32)cn1. The minimum atomic E-state index is -0.265. The molecule has 0 aliphatic rings. The second kappa shape index (κ2) is 4.59. The van der Waals surface area contributed by atoms with E-state index in [2.05, 4.69) is 9.97 Å². The summed E-state index contributed by atoms with van der Waals surface area (Å²) in [6.45, 7) is 4.24. The first-order valence-corrected chi connectivity index (χ1v) is 6.38. The number of imidazole rings is 1. The molecule has 1 aromatic carbocycles. The van der Waals surface area contributed by atoms with E-state index < -0.39 is 0 Å². The molecule has 3 aromatic rings. The summed E-state index contributed by atoms with van der Waals surface area (Å²) in [6, 6.07) is 7.15. The van der Waals surface area contributed by atoms with E-state index in [9.17, 15) is 4.39 Å². The Labute approximate surface area is 116 Å². The number of anilines is 1. The predicted octanol–water partition coefficient (Wildman–Crippen LogP) is 2.82. The van der Waals surface area contributed by atoms with Crippen LogP contribution in [0.15, 0.2) is 30.5 Å². The summed E-state index contributed by atoms with van der Waals surface area (Å²) in [5.41, 5.74) is 9.93. The number of fused-ring (bicyclic) bond motifs is 1. The first kappa shape index (κ1) is 12.6. The number of aromatic nitrogens is 3. The summed E-state index contributed by atoms with van der Waals surface area (Å²) in [5, 5.41) is 0. The van der Waals surface area contributed by atoms with Crippen molar-refractivity contribution in [3.05, 3.63) is 53.1 Å². The maximum Gasteiger partial charge on any atom is 0.201 e. The molecular formula is C15H15FN4. The Kier molecular flexibility index (Phi) is 2.89. The molecule has 0 bridgehead atoms. The van der Waals surface area contributed by atoms with Crippen molar-refractivity contribution < 1.29 is 4.39 Å².